The maximum atomic E-state index is 6.13. The van der Waals surface area contributed by atoms with Crippen LogP contribution < -0.4 is 5.73 Å². The first-order valence-electron chi connectivity index (χ1n) is 6.98. The minimum Gasteiger partial charge on any atom is -0.337 e. The van der Waals surface area contributed by atoms with Gasteiger partial charge in [-0.3, -0.25) is 0 Å². The van der Waals surface area contributed by atoms with Crippen LogP contribution in [0.25, 0.3) is 11.4 Å². The summed E-state index contributed by atoms with van der Waals surface area (Å²) in [6.07, 6.45) is 0. The molecule has 0 spiro atoms. The van der Waals surface area contributed by atoms with Gasteiger partial charge < -0.3 is 10.3 Å². The Balaban J connectivity index is 2.24. The van der Waals surface area contributed by atoms with Crippen molar-refractivity contribution < 1.29 is 4.52 Å². The molecular formula is C16H23N3O. The van der Waals surface area contributed by atoms with E-state index in [9.17, 15) is 0 Å². The number of nitrogens with zero attached hydrogens (tertiary/aromatic N) is 2. The van der Waals surface area contributed by atoms with Crippen LogP contribution >= 0.6 is 0 Å². The van der Waals surface area contributed by atoms with Gasteiger partial charge in [0, 0.05) is 5.56 Å². The third-order valence-corrected chi connectivity index (χ3v) is 3.48. The van der Waals surface area contributed by atoms with E-state index < -0.39 is 0 Å². The Morgan fingerprint density at radius 2 is 1.70 bits per heavy atom. The lowest BCUT2D eigenvalue weighted by Crippen LogP contribution is -2.26. The molecule has 1 unspecified atom stereocenters. The van der Waals surface area contributed by atoms with Crippen LogP contribution in [0.5, 0.6) is 0 Å². The van der Waals surface area contributed by atoms with E-state index in [0.29, 0.717) is 17.6 Å². The van der Waals surface area contributed by atoms with E-state index in [1.807, 2.05) is 12.1 Å². The Bertz CT molecular complexity index is 564. The summed E-state index contributed by atoms with van der Waals surface area (Å²) in [6, 6.07) is 7.97. The van der Waals surface area contributed by atoms with Crippen LogP contribution in [0.4, 0.5) is 0 Å². The summed E-state index contributed by atoms with van der Waals surface area (Å²) in [6.45, 7) is 10.5. The molecule has 0 fully saturated rings. The molecule has 2 aromatic rings. The van der Waals surface area contributed by atoms with Gasteiger partial charge in [0.15, 0.2) is 0 Å². The lowest BCUT2D eigenvalue weighted by atomic mass is 9.87. The first-order chi connectivity index (χ1) is 9.29. The van der Waals surface area contributed by atoms with Gasteiger partial charge in [-0.25, -0.2) is 0 Å². The molecule has 20 heavy (non-hydrogen) atoms. The van der Waals surface area contributed by atoms with Gasteiger partial charge in [-0.15, -0.1) is 0 Å². The molecule has 1 aromatic carbocycles. The molecule has 108 valence electrons. The van der Waals surface area contributed by atoms with Crippen molar-refractivity contribution in [2.45, 2.75) is 46.6 Å². The fraction of sp³-hybridized carbons (Fsp3) is 0.500. The molecule has 4 heteroatoms. The topological polar surface area (TPSA) is 64.9 Å². The maximum Gasteiger partial charge on any atom is 0.244 e. The Labute approximate surface area is 120 Å². The summed E-state index contributed by atoms with van der Waals surface area (Å²) in [5.74, 6) is 1.59. The first kappa shape index (κ1) is 14.7. The predicted molar refractivity (Wildman–Crippen MR) is 80.2 cm³/mol. The summed E-state index contributed by atoms with van der Waals surface area (Å²) >= 11 is 0. The quantitative estimate of drug-likeness (QED) is 0.921. The van der Waals surface area contributed by atoms with Gasteiger partial charge in [-0.05, 0) is 16.9 Å². The first-order valence-corrected chi connectivity index (χ1v) is 6.98. The average Bonchev–Trinajstić information content (AvgIpc) is 2.86. The molecule has 4 nitrogen and oxygen atoms in total. The zero-order valence-corrected chi connectivity index (χ0v) is 12.8. The van der Waals surface area contributed by atoms with Crippen molar-refractivity contribution in [3.63, 3.8) is 0 Å². The molecule has 1 heterocycles. The highest BCUT2D eigenvalue weighted by molar-refractivity contribution is 5.54. The van der Waals surface area contributed by atoms with Gasteiger partial charge in [-0.1, -0.05) is 64.0 Å². The zero-order valence-electron chi connectivity index (χ0n) is 12.8. The van der Waals surface area contributed by atoms with Crippen molar-refractivity contribution in [1.29, 1.82) is 0 Å². The maximum absolute atomic E-state index is 6.13. The standard InChI is InChI=1S/C16H23N3O/c1-10(2)11-6-8-12(9-7-11)14-18-15(20-19-14)13(17)16(3,4)5/h6-10,13H,17H2,1-5H3. The lowest BCUT2D eigenvalue weighted by Gasteiger charge is -2.23. The number of benzene rings is 1. The Morgan fingerprint density at radius 3 is 2.20 bits per heavy atom. The lowest BCUT2D eigenvalue weighted by molar-refractivity contribution is 0.253. The van der Waals surface area contributed by atoms with E-state index in [4.69, 9.17) is 10.3 Å². The van der Waals surface area contributed by atoms with Gasteiger partial charge >= 0.3 is 0 Å². The molecule has 2 rings (SSSR count). The van der Waals surface area contributed by atoms with Crippen LogP contribution in [-0.2, 0) is 0 Å². The third-order valence-electron chi connectivity index (χ3n) is 3.48. The van der Waals surface area contributed by atoms with Crippen LogP contribution in [-0.4, -0.2) is 10.1 Å². The summed E-state index contributed by atoms with van der Waals surface area (Å²) in [7, 11) is 0. The summed E-state index contributed by atoms with van der Waals surface area (Å²) in [5.41, 5.74) is 8.27. The van der Waals surface area contributed by atoms with Crippen molar-refractivity contribution in [2.75, 3.05) is 0 Å². The van der Waals surface area contributed by atoms with E-state index in [-0.39, 0.29) is 11.5 Å². The van der Waals surface area contributed by atoms with Gasteiger partial charge in [-0.2, -0.15) is 4.98 Å². The van der Waals surface area contributed by atoms with Gasteiger partial charge in [0.05, 0.1) is 6.04 Å². The molecule has 0 saturated carbocycles. The van der Waals surface area contributed by atoms with Crippen molar-refractivity contribution >= 4 is 0 Å². The summed E-state index contributed by atoms with van der Waals surface area (Å²) < 4.78 is 5.30. The van der Waals surface area contributed by atoms with Crippen LogP contribution in [0.15, 0.2) is 28.8 Å². The number of hydrogen-bond acceptors (Lipinski definition) is 4. The average molecular weight is 273 g/mol. The number of hydrogen-bond donors (Lipinski definition) is 1. The largest absolute Gasteiger partial charge is 0.337 e. The Morgan fingerprint density at radius 1 is 1.10 bits per heavy atom. The highest BCUT2D eigenvalue weighted by Gasteiger charge is 2.27. The van der Waals surface area contributed by atoms with E-state index in [1.165, 1.54) is 5.56 Å². The SMILES string of the molecule is CC(C)c1ccc(-c2noc(C(N)C(C)(C)C)n2)cc1. The molecule has 2 N–H and O–H groups in total. The van der Waals surface area contributed by atoms with Crippen LogP contribution in [0.2, 0.25) is 0 Å². The van der Waals surface area contributed by atoms with Crippen LogP contribution in [0.3, 0.4) is 0 Å². The predicted octanol–water partition coefficient (Wildman–Crippen LogP) is 3.91. The number of nitrogens with two attached hydrogens (primary N) is 1. The fourth-order valence-electron chi connectivity index (χ4n) is 1.87. The molecule has 1 atom stereocenters. The molecule has 0 saturated heterocycles. The molecule has 0 aliphatic heterocycles. The zero-order chi connectivity index (χ0) is 14.9. The smallest absolute Gasteiger partial charge is 0.244 e. The molecule has 1 aromatic heterocycles. The second kappa shape index (κ2) is 5.37. The minimum absolute atomic E-state index is 0.106. The fourth-order valence-corrected chi connectivity index (χ4v) is 1.87. The Hall–Kier alpha value is -1.68. The van der Waals surface area contributed by atoms with Crippen molar-refractivity contribution in [3.05, 3.63) is 35.7 Å². The highest BCUT2D eigenvalue weighted by atomic mass is 16.5. The number of rotatable bonds is 3. The number of aromatic nitrogens is 2. The molecule has 0 amide bonds. The van der Waals surface area contributed by atoms with E-state index in [1.54, 1.807) is 0 Å². The van der Waals surface area contributed by atoms with Gasteiger partial charge in [0.1, 0.15) is 0 Å². The van der Waals surface area contributed by atoms with Gasteiger partial charge in [0.2, 0.25) is 11.7 Å². The molecule has 0 radical (unpaired) electrons. The van der Waals surface area contributed by atoms with Crippen molar-refractivity contribution in [3.8, 4) is 11.4 Å². The molecule has 0 aliphatic carbocycles. The Kier molecular flexibility index (Phi) is 3.95. The highest BCUT2D eigenvalue weighted by Crippen LogP contribution is 2.30. The van der Waals surface area contributed by atoms with E-state index >= 15 is 0 Å². The van der Waals surface area contributed by atoms with E-state index in [0.717, 1.165) is 5.56 Å². The van der Waals surface area contributed by atoms with Crippen molar-refractivity contribution in [1.82, 2.24) is 10.1 Å². The minimum atomic E-state index is -0.265. The normalized spacial score (nSPS) is 13.8. The second-order valence-corrected chi connectivity index (χ2v) is 6.58. The van der Waals surface area contributed by atoms with Crippen LogP contribution in [0, 0.1) is 5.41 Å². The van der Waals surface area contributed by atoms with E-state index in [2.05, 4.69) is 56.9 Å². The molecule has 0 bridgehead atoms. The van der Waals surface area contributed by atoms with Crippen LogP contribution in [0.1, 0.15) is 58.0 Å². The molecular weight excluding hydrogens is 250 g/mol. The van der Waals surface area contributed by atoms with Gasteiger partial charge in [0.25, 0.3) is 0 Å². The third kappa shape index (κ3) is 3.07. The summed E-state index contributed by atoms with van der Waals surface area (Å²) in [5, 5.41) is 4.03. The van der Waals surface area contributed by atoms with Crippen molar-refractivity contribution in [2.24, 2.45) is 11.1 Å². The monoisotopic (exact) mass is 273 g/mol. The summed E-state index contributed by atoms with van der Waals surface area (Å²) in [4.78, 5) is 4.42. The molecule has 0 aliphatic rings. The second-order valence-electron chi connectivity index (χ2n) is 6.58.